The Morgan fingerprint density at radius 3 is 2.71 bits per heavy atom. The largest absolute Gasteiger partial charge is 0.472 e. The number of carbonyl (C=O) groups is 3. The number of nitrogens with zero attached hydrogens (tertiary/aromatic N) is 1. The lowest BCUT2D eigenvalue weighted by Gasteiger charge is -2.35. The minimum atomic E-state index is -0.696. The molecule has 0 unspecified atom stereocenters. The van der Waals surface area contributed by atoms with Crippen LogP contribution >= 0.6 is 11.3 Å². The van der Waals surface area contributed by atoms with Gasteiger partial charge in [0, 0.05) is 29.1 Å². The highest BCUT2D eigenvalue weighted by Gasteiger charge is 2.30. The van der Waals surface area contributed by atoms with Crippen molar-refractivity contribution in [3.05, 3.63) is 58.2 Å². The third-order valence-corrected chi connectivity index (χ3v) is 6.61. The van der Waals surface area contributed by atoms with Gasteiger partial charge in [0.25, 0.3) is 0 Å². The van der Waals surface area contributed by atoms with Gasteiger partial charge >= 0.3 is 11.8 Å². The van der Waals surface area contributed by atoms with E-state index in [-0.39, 0.29) is 12.5 Å². The molecule has 0 radical (unpaired) electrons. The summed E-state index contributed by atoms with van der Waals surface area (Å²) in [7, 11) is 0. The topological polar surface area (TPSA) is 91.6 Å². The zero-order valence-corrected chi connectivity index (χ0v) is 17.6. The third kappa shape index (κ3) is 3.86. The minimum Gasteiger partial charge on any atom is -0.472 e. The fourth-order valence-corrected chi connectivity index (χ4v) is 5.05. The van der Waals surface area contributed by atoms with E-state index in [9.17, 15) is 14.4 Å². The van der Waals surface area contributed by atoms with Gasteiger partial charge in [-0.05, 0) is 65.6 Å². The van der Waals surface area contributed by atoms with Crippen molar-refractivity contribution in [2.45, 2.75) is 32.2 Å². The lowest BCUT2D eigenvalue weighted by molar-refractivity contribution is -0.136. The van der Waals surface area contributed by atoms with Crippen LogP contribution in [0.4, 0.5) is 11.4 Å². The third-order valence-electron chi connectivity index (χ3n) is 5.67. The number of thiophene rings is 1. The molecule has 1 aromatic carbocycles. The van der Waals surface area contributed by atoms with E-state index in [1.54, 1.807) is 12.5 Å². The first-order chi connectivity index (χ1) is 15.1. The van der Waals surface area contributed by atoms with Crippen molar-refractivity contribution in [3.8, 4) is 11.1 Å². The van der Waals surface area contributed by atoms with Gasteiger partial charge in [-0.15, -0.1) is 11.3 Å². The maximum absolute atomic E-state index is 12.4. The van der Waals surface area contributed by atoms with Crippen LogP contribution in [-0.4, -0.2) is 24.3 Å². The maximum Gasteiger partial charge on any atom is 0.313 e. The van der Waals surface area contributed by atoms with Crippen molar-refractivity contribution in [1.29, 1.82) is 0 Å². The molecule has 3 aromatic rings. The van der Waals surface area contributed by atoms with Crippen LogP contribution in [0, 0.1) is 0 Å². The molecule has 3 amide bonds. The predicted octanol–water partition coefficient (Wildman–Crippen LogP) is 3.49. The van der Waals surface area contributed by atoms with Gasteiger partial charge in [-0.1, -0.05) is 0 Å². The number of anilines is 2. The van der Waals surface area contributed by atoms with Crippen LogP contribution in [0.2, 0.25) is 0 Å². The molecule has 158 valence electrons. The Morgan fingerprint density at radius 2 is 1.90 bits per heavy atom. The Balaban J connectivity index is 1.23. The van der Waals surface area contributed by atoms with E-state index in [0.29, 0.717) is 18.5 Å². The number of carbonyl (C=O) groups excluding carboxylic acids is 3. The Morgan fingerprint density at radius 1 is 1.06 bits per heavy atom. The smallest absolute Gasteiger partial charge is 0.313 e. The van der Waals surface area contributed by atoms with Crippen LogP contribution in [0.3, 0.4) is 0 Å². The van der Waals surface area contributed by atoms with E-state index >= 15 is 0 Å². The van der Waals surface area contributed by atoms with Crippen molar-refractivity contribution in [3.63, 3.8) is 0 Å². The van der Waals surface area contributed by atoms with Crippen LogP contribution in [0.25, 0.3) is 11.1 Å². The lowest BCUT2D eigenvalue weighted by Crippen LogP contribution is -2.39. The van der Waals surface area contributed by atoms with Crippen LogP contribution in [0.5, 0.6) is 0 Å². The summed E-state index contributed by atoms with van der Waals surface area (Å²) in [5.41, 5.74) is 5.70. The van der Waals surface area contributed by atoms with Gasteiger partial charge in [0.2, 0.25) is 5.91 Å². The number of furan rings is 1. The summed E-state index contributed by atoms with van der Waals surface area (Å²) in [6.45, 7) is 1.03. The highest BCUT2D eigenvalue weighted by Crippen LogP contribution is 2.37. The fourth-order valence-electron chi connectivity index (χ4n) is 4.21. The van der Waals surface area contributed by atoms with E-state index < -0.39 is 11.8 Å². The Kier molecular flexibility index (Phi) is 5.07. The van der Waals surface area contributed by atoms with Crippen LogP contribution < -0.4 is 15.5 Å². The molecule has 4 heterocycles. The van der Waals surface area contributed by atoms with Crippen LogP contribution in [0.1, 0.15) is 28.8 Å². The molecule has 0 fully saturated rings. The van der Waals surface area contributed by atoms with Gasteiger partial charge in [0.05, 0.1) is 24.8 Å². The molecule has 7 nitrogen and oxygen atoms in total. The standard InChI is InChI=1S/C23H21N3O4S/c27-20-4-3-15-9-18(8-14-2-1-6-26(20)21(14)15)25-23(29)22(28)24-11-19-10-17(13-31-19)16-5-7-30-12-16/h5,7-10,12-13H,1-4,6,11H2,(H,24,28)(H,25,29). The Labute approximate surface area is 183 Å². The molecule has 0 bridgehead atoms. The van der Waals surface area contributed by atoms with Crippen LogP contribution in [-0.2, 0) is 33.8 Å². The number of aryl methyl sites for hydroxylation is 2. The first kappa shape index (κ1) is 19.6. The van der Waals surface area contributed by atoms with E-state index in [0.717, 1.165) is 52.2 Å². The fraction of sp³-hybridized carbons (Fsp3) is 0.261. The first-order valence-electron chi connectivity index (χ1n) is 10.2. The average molecular weight is 436 g/mol. The van der Waals surface area contributed by atoms with E-state index in [4.69, 9.17) is 4.42 Å². The van der Waals surface area contributed by atoms with Crippen LogP contribution in [0.15, 0.2) is 46.6 Å². The molecule has 2 aromatic heterocycles. The molecule has 0 aliphatic carbocycles. The second-order valence-electron chi connectivity index (χ2n) is 7.74. The quantitative estimate of drug-likeness (QED) is 0.614. The summed E-state index contributed by atoms with van der Waals surface area (Å²) in [5, 5.41) is 7.38. The van der Waals surface area contributed by atoms with Gasteiger partial charge in [-0.25, -0.2) is 0 Å². The molecule has 5 rings (SSSR count). The zero-order valence-electron chi connectivity index (χ0n) is 16.8. The summed E-state index contributed by atoms with van der Waals surface area (Å²) >= 11 is 1.51. The number of rotatable bonds is 4. The molecule has 0 saturated carbocycles. The minimum absolute atomic E-state index is 0.161. The highest BCUT2D eigenvalue weighted by atomic mass is 32.1. The number of nitrogens with one attached hydrogen (secondary N) is 2. The molecule has 31 heavy (non-hydrogen) atoms. The van der Waals surface area contributed by atoms with E-state index in [1.807, 2.05) is 34.5 Å². The molecule has 0 atom stereocenters. The molecule has 2 aliphatic heterocycles. The van der Waals surface area contributed by atoms with Crippen molar-refractivity contribution < 1.29 is 18.8 Å². The molecule has 8 heteroatoms. The van der Waals surface area contributed by atoms with Crippen molar-refractivity contribution in [1.82, 2.24) is 5.32 Å². The monoisotopic (exact) mass is 435 g/mol. The molecule has 0 spiro atoms. The summed E-state index contributed by atoms with van der Waals surface area (Å²) < 4.78 is 5.09. The van der Waals surface area contributed by atoms with Gasteiger partial charge in [-0.2, -0.15) is 0 Å². The second kappa shape index (κ2) is 8.03. The second-order valence-corrected chi connectivity index (χ2v) is 8.74. The first-order valence-corrected chi connectivity index (χ1v) is 11.1. The van der Waals surface area contributed by atoms with Crippen molar-refractivity contribution in [2.24, 2.45) is 0 Å². The average Bonchev–Trinajstić information content (AvgIpc) is 3.46. The number of benzene rings is 1. The summed E-state index contributed by atoms with van der Waals surface area (Å²) in [6.07, 6.45) is 6.18. The summed E-state index contributed by atoms with van der Waals surface area (Å²) in [6, 6.07) is 7.60. The highest BCUT2D eigenvalue weighted by molar-refractivity contribution is 7.10. The van der Waals surface area contributed by atoms with Gasteiger partial charge in [-0.3, -0.25) is 14.4 Å². The predicted molar refractivity (Wildman–Crippen MR) is 118 cm³/mol. The summed E-state index contributed by atoms with van der Waals surface area (Å²) in [4.78, 5) is 39.7. The maximum atomic E-state index is 12.4. The van der Waals surface area contributed by atoms with Gasteiger partial charge in [0.15, 0.2) is 0 Å². The Bertz CT molecular complexity index is 1150. The molecular formula is C23H21N3O4S. The Hall–Kier alpha value is -3.39. The molecule has 0 saturated heterocycles. The van der Waals surface area contributed by atoms with Gasteiger partial charge < -0.3 is 20.0 Å². The van der Waals surface area contributed by atoms with E-state index in [1.165, 1.54) is 11.3 Å². The van der Waals surface area contributed by atoms with Gasteiger partial charge in [0.1, 0.15) is 0 Å². The van der Waals surface area contributed by atoms with Crippen molar-refractivity contribution >= 4 is 40.4 Å². The number of amides is 3. The number of hydrogen-bond donors (Lipinski definition) is 2. The number of hydrogen-bond acceptors (Lipinski definition) is 5. The van der Waals surface area contributed by atoms with E-state index in [2.05, 4.69) is 10.6 Å². The van der Waals surface area contributed by atoms with Crippen molar-refractivity contribution in [2.75, 3.05) is 16.8 Å². The molecular weight excluding hydrogens is 414 g/mol. The zero-order chi connectivity index (χ0) is 21.4. The summed E-state index contributed by atoms with van der Waals surface area (Å²) in [5.74, 6) is -1.21. The normalized spacial score (nSPS) is 14.8. The lowest BCUT2D eigenvalue weighted by atomic mass is 9.91. The SMILES string of the molecule is O=C(NCc1cc(-c2ccoc2)cs1)C(=O)Nc1cc2c3c(c1)CCC(=O)N3CCC2. The molecule has 2 N–H and O–H groups in total. The molecule has 2 aliphatic rings.